The summed E-state index contributed by atoms with van der Waals surface area (Å²) in [6, 6.07) is 4.98. The Labute approximate surface area is 132 Å². The van der Waals surface area contributed by atoms with Gasteiger partial charge in [0.05, 0.1) is 0 Å². The van der Waals surface area contributed by atoms with Crippen molar-refractivity contribution in [2.75, 3.05) is 13.2 Å². The minimum absolute atomic E-state index is 0.154. The highest BCUT2D eigenvalue weighted by Gasteiger charge is 2.54. The van der Waals surface area contributed by atoms with Crippen molar-refractivity contribution in [3.8, 4) is 0 Å². The van der Waals surface area contributed by atoms with E-state index < -0.39 is 41.2 Å². The van der Waals surface area contributed by atoms with E-state index in [1.807, 2.05) is 0 Å². The van der Waals surface area contributed by atoms with Crippen LogP contribution in [0.1, 0.15) is 18.9 Å². The molecule has 1 aliphatic carbocycles. The van der Waals surface area contributed by atoms with E-state index in [0.717, 1.165) is 0 Å². The van der Waals surface area contributed by atoms with Crippen molar-refractivity contribution in [2.45, 2.75) is 25.9 Å². The van der Waals surface area contributed by atoms with Crippen molar-refractivity contribution in [2.24, 2.45) is 5.92 Å². The number of carbonyl (C=O) groups is 2. The SMILES string of the molecule is CCN(Cc1cccc(F)c1)C(=O)COC(=O)C1CC1[N+](=O)[O-]. The Bertz CT molecular complexity index is 622. The number of ether oxygens (including phenoxy) is 1. The van der Waals surface area contributed by atoms with E-state index in [9.17, 15) is 24.1 Å². The predicted molar refractivity (Wildman–Crippen MR) is 77.3 cm³/mol. The van der Waals surface area contributed by atoms with E-state index in [-0.39, 0.29) is 13.0 Å². The number of likely N-dealkylation sites (N-methyl/N-ethyl adjacent to an activating group) is 1. The van der Waals surface area contributed by atoms with Crippen molar-refractivity contribution in [3.05, 3.63) is 45.8 Å². The van der Waals surface area contributed by atoms with Crippen LogP contribution in [0.15, 0.2) is 24.3 Å². The predicted octanol–water partition coefficient (Wildman–Crippen LogP) is 1.38. The molecule has 0 N–H and O–H groups in total. The number of rotatable bonds is 7. The molecule has 1 aliphatic rings. The third-order valence-corrected chi connectivity index (χ3v) is 3.67. The Balaban J connectivity index is 1.83. The number of halogens is 1. The topological polar surface area (TPSA) is 89.8 Å². The van der Waals surface area contributed by atoms with Crippen molar-refractivity contribution in [3.63, 3.8) is 0 Å². The first-order valence-electron chi connectivity index (χ1n) is 7.24. The summed E-state index contributed by atoms with van der Waals surface area (Å²) in [4.78, 5) is 35.0. The van der Waals surface area contributed by atoms with Crippen LogP contribution in [0.5, 0.6) is 0 Å². The number of nitro groups is 1. The summed E-state index contributed by atoms with van der Waals surface area (Å²) in [6.45, 7) is 1.85. The second-order valence-electron chi connectivity index (χ2n) is 5.34. The molecule has 0 aromatic heterocycles. The number of benzene rings is 1. The van der Waals surface area contributed by atoms with Crippen LogP contribution in [-0.4, -0.2) is 40.9 Å². The number of esters is 1. The average Bonchev–Trinajstić information content (AvgIpc) is 3.31. The third kappa shape index (κ3) is 4.48. The lowest BCUT2D eigenvalue weighted by molar-refractivity contribution is -0.497. The van der Waals surface area contributed by atoms with Gasteiger partial charge in [0, 0.05) is 24.4 Å². The second kappa shape index (κ2) is 7.17. The molecule has 7 nitrogen and oxygen atoms in total. The molecule has 8 heteroatoms. The lowest BCUT2D eigenvalue weighted by atomic mass is 10.2. The van der Waals surface area contributed by atoms with Crippen LogP contribution in [0, 0.1) is 21.8 Å². The number of carbonyl (C=O) groups excluding carboxylic acids is 2. The first-order chi connectivity index (χ1) is 10.9. The van der Waals surface area contributed by atoms with Crippen LogP contribution in [0.2, 0.25) is 0 Å². The van der Waals surface area contributed by atoms with Gasteiger partial charge in [-0.25, -0.2) is 4.39 Å². The van der Waals surface area contributed by atoms with Gasteiger partial charge in [0.25, 0.3) is 5.91 Å². The molecule has 1 amide bonds. The normalized spacial score (nSPS) is 19.0. The fraction of sp³-hybridized carbons (Fsp3) is 0.467. The average molecular weight is 324 g/mol. The van der Waals surface area contributed by atoms with Gasteiger partial charge in [-0.1, -0.05) is 12.1 Å². The highest BCUT2D eigenvalue weighted by atomic mass is 19.1. The van der Waals surface area contributed by atoms with Crippen LogP contribution in [0.25, 0.3) is 0 Å². The Morgan fingerprint density at radius 1 is 1.48 bits per heavy atom. The van der Waals surface area contributed by atoms with Crippen molar-refractivity contribution in [1.29, 1.82) is 0 Å². The quantitative estimate of drug-likeness (QED) is 0.429. The third-order valence-electron chi connectivity index (χ3n) is 3.67. The van der Waals surface area contributed by atoms with Gasteiger partial charge in [-0.3, -0.25) is 19.7 Å². The van der Waals surface area contributed by atoms with E-state index in [4.69, 9.17) is 4.74 Å². The summed E-state index contributed by atoms with van der Waals surface area (Å²) >= 11 is 0. The van der Waals surface area contributed by atoms with E-state index >= 15 is 0 Å². The number of nitrogens with zero attached hydrogens (tertiary/aromatic N) is 2. The Kier molecular flexibility index (Phi) is 5.25. The number of hydrogen-bond donors (Lipinski definition) is 0. The van der Waals surface area contributed by atoms with Crippen molar-refractivity contribution in [1.82, 2.24) is 4.90 Å². The van der Waals surface area contributed by atoms with Gasteiger partial charge in [0.15, 0.2) is 6.61 Å². The molecule has 1 saturated carbocycles. The molecule has 0 bridgehead atoms. The first-order valence-corrected chi connectivity index (χ1v) is 7.24. The first kappa shape index (κ1) is 16.9. The van der Waals surface area contributed by atoms with Crippen molar-refractivity contribution < 1.29 is 23.6 Å². The zero-order valence-corrected chi connectivity index (χ0v) is 12.6. The smallest absolute Gasteiger partial charge is 0.316 e. The van der Waals surface area contributed by atoms with Crippen LogP contribution in [0.4, 0.5) is 4.39 Å². The second-order valence-corrected chi connectivity index (χ2v) is 5.34. The van der Waals surface area contributed by atoms with Crippen LogP contribution >= 0.6 is 0 Å². The molecule has 124 valence electrons. The van der Waals surface area contributed by atoms with Gasteiger partial charge in [-0.05, 0) is 24.6 Å². The largest absolute Gasteiger partial charge is 0.455 e. The highest BCUT2D eigenvalue weighted by molar-refractivity contribution is 5.82. The zero-order valence-electron chi connectivity index (χ0n) is 12.6. The van der Waals surface area contributed by atoms with Gasteiger partial charge >= 0.3 is 5.97 Å². The zero-order chi connectivity index (χ0) is 17.0. The molecule has 2 unspecified atom stereocenters. The maximum Gasteiger partial charge on any atom is 0.316 e. The minimum Gasteiger partial charge on any atom is -0.455 e. The van der Waals surface area contributed by atoms with Crippen LogP contribution in [-0.2, 0) is 20.9 Å². The van der Waals surface area contributed by atoms with Gasteiger partial charge in [-0.15, -0.1) is 0 Å². The highest BCUT2D eigenvalue weighted by Crippen LogP contribution is 2.34. The molecule has 1 fully saturated rings. The summed E-state index contributed by atoms with van der Waals surface area (Å²) in [6.07, 6.45) is 0.154. The maximum atomic E-state index is 13.1. The van der Waals surface area contributed by atoms with Crippen LogP contribution in [0.3, 0.4) is 0 Å². The van der Waals surface area contributed by atoms with Crippen LogP contribution < -0.4 is 0 Å². The molecule has 0 spiro atoms. The van der Waals surface area contributed by atoms with E-state index in [1.165, 1.54) is 17.0 Å². The minimum atomic E-state index is -0.896. The summed E-state index contributed by atoms with van der Waals surface area (Å²) < 4.78 is 18.0. The fourth-order valence-electron chi connectivity index (χ4n) is 2.23. The maximum absolute atomic E-state index is 13.1. The van der Waals surface area contributed by atoms with Gasteiger partial charge in [-0.2, -0.15) is 0 Å². The standard InChI is InChI=1S/C15H17FN2O5/c1-2-17(8-10-4-3-5-11(16)6-10)14(19)9-23-15(20)12-7-13(12)18(21)22/h3-6,12-13H,2,7-9H2,1H3. The van der Waals surface area contributed by atoms with Gasteiger partial charge < -0.3 is 9.64 Å². The molecule has 23 heavy (non-hydrogen) atoms. The lowest BCUT2D eigenvalue weighted by Crippen LogP contribution is -2.34. The fourth-order valence-corrected chi connectivity index (χ4v) is 2.23. The molecule has 2 rings (SSSR count). The van der Waals surface area contributed by atoms with E-state index in [1.54, 1.807) is 19.1 Å². The molecule has 0 heterocycles. The Hall–Kier alpha value is -2.51. The Morgan fingerprint density at radius 3 is 2.78 bits per heavy atom. The summed E-state index contributed by atoms with van der Waals surface area (Å²) in [7, 11) is 0. The lowest BCUT2D eigenvalue weighted by Gasteiger charge is -2.20. The molecule has 0 saturated heterocycles. The molecule has 1 aromatic rings. The monoisotopic (exact) mass is 324 g/mol. The number of hydrogen-bond acceptors (Lipinski definition) is 5. The van der Waals surface area contributed by atoms with Gasteiger partial charge in [0.1, 0.15) is 11.7 Å². The van der Waals surface area contributed by atoms with Crippen molar-refractivity contribution >= 4 is 11.9 Å². The molecular weight excluding hydrogens is 307 g/mol. The Morgan fingerprint density at radius 2 is 2.22 bits per heavy atom. The molecule has 0 aliphatic heterocycles. The molecular formula is C15H17FN2O5. The molecule has 0 radical (unpaired) electrons. The molecule has 1 aromatic carbocycles. The number of amides is 1. The van der Waals surface area contributed by atoms with Gasteiger partial charge in [0.2, 0.25) is 6.04 Å². The molecule has 2 atom stereocenters. The van der Waals surface area contributed by atoms with E-state index in [0.29, 0.717) is 12.1 Å². The van der Waals surface area contributed by atoms with E-state index in [2.05, 4.69) is 0 Å². The summed E-state index contributed by atoms with van der Waals surface area (Å²) in [5.41, 5.74) is 0.627. The summed E-state index contributed by atoms with van der Waals surface area (Å²) in [5.74, 6) is -2.29. The summed E-state index contributed by atoms with van der Waals surface area (Å²) in [5, 5.41) is 10.5.